The van der Waals surface area contributed by atoms with Crippen LogP contribution in [-0.2, 0) is 0 Å². The van der Waals surface area contributed by atoms with Crippen LogP contribution in [0.4, 0.5) is 5.95 Å². The van der Waals surface area contributed by atoms with Gasteiger partial charge in [0.1, 0.15) is 6.10 Å². The number of anilines is 1. The molecule has 0 aromatic carbocycles. The van der Waals surface area contributed by atoms with Crippen molar-refractivity contribution >= 4 is 17.5 Å². The van der Waals surface area contributed by atoms with Crippen LogP contribution in [0.5, 0.6) is 6.01 Å². The first-order chi connectivity index (χ1) is 8.97. The third kappa shape index (κ3) is 3.45. The molecule has 1 aliphatic rings. The second-order valence-corrected chi connectivity index (χ2v) is 5.43. The van der Waals surface area contributed by atoms with E-state index in [-0.39, 0.29) is 17.4 Å². The highest BCUT2D eigenvalue weighted by Crippen LogP contribution is 2.22. The number of ether oxygens (including phenoxy) is 1. The van der Waals surface area contributed by atoms with Crippen LogP contribution >= 0.6 is 11.6 Å². The van der Waals surface area contributed by atoms with Crippen molar-refractivity contribution in [2.75, 3.05) is 32.6 Å². The van der Waals surface area contributed by atoms with Crippen LogP contribution in [0.25, 0.3) is 0 Å². The van der Waals surface area contributed by atoms with Gasteiger partial charge in [-0.3, -0.25) is 4.90 Å². The summed E-state index contributed by atoms with van der Waals surface area (Å²) < 4.78 is 5.83. The van der Waals surface area contributed by atoms with Gasteiger partial charge in [0.05, 0.1) is 0 Å². The molecule has 2 atom stereocenters. The van der Waals surface area contributed by atoms with Gasteiger partial charge in [0.2, 0.25) is 11.2 Å². The number of halogens is 1. The summed E-state index contributed by atoms with van der Waals surface area (Å²) in [6.07, 6.45) is 2.37. The molecule has 0 aliphatic carbocycles. The summed E-state index contributed by atoms with van der Waals surface area (Å²) >= 11 is 5.89. The fraction of sp³-hybridized carbons (Fsp3) is 0.750. The van der Waals surface area contributed by atoms with Crippen molar-refractivity contribution in [3.63, 3.8) is 0 Å². The molecule has 1 aliphatic heterocycles. The lowest BCUT2D eigenvalue weighted by Crippen LogP contribution is -2.38. The normalized spacial score (nSPS) is 21.4. The highest BCUT2D eigenvalue weighted by atomic mass is 35.5. The zero-order valence-electron chi connectivity index (χ0n) is 11.8. The highest BCUT2D eigenvalue weighted by molar-refractivity contribution is 6.28. The Balaban J connectivity index is 2.10. The second-order valence-electron chi connectivity index (χ2n) is 5.09. The maximum Gasteiger partial charge on any atom is 0.322 e. The Kier molecular flexibility index (Phi) is 4.42. The molecule has 0 radical (unpaired) electrons. The molecule has 1 aromatic rings. The van der Waals surface area contributed by atoms with Gasteiger partial charge in [-0.05, 0) is 45.0 Å². The molecule has 0 bridgehead atoms. The number of aromatic nitrogens is 3. The summed E-state index contributed by atoms with van der Waals surface area (Å²) in [7, 11) is 5.82. The quantitative estimate of drug-likeness (QED) is 0.835. The molecule has 7 heteroatoms. The van der Waals surface area contributed by atoms with Gasteiger partial charge in [0, 0.05) is 20.1 Å². The fourth-order valence-corrected chi connectivity index (χ4v) is 2.50. The van der Waals surface area contributed by atoms with Crippen LogP contribution in [0.2, 0.25) is 5.28 Å². The van der Waals surface area contributed by atoms with E-state index in [1.807, 2.05) is 21.0 Å². The average molecular weight is 286 g/mol. The monoisotopic (exact) mass is 285 g/mol. The standard InChI is InChI=1S/C12H20ClN5O/c1-8(9-6-5-7-18(9)4)19-12-15-10(13)14-11(16-12)17(2)3/h8-9H,5-7H2,1-4H3/t8-,9-/m0/s1. The van der Waals surface area contributed by atoms with Gasteiger partial charge >= 0.3 is 6.01 Å². The third-order valence-corrected chi connectivity index (χ3v) is 3.55. The zero-order chi connectivity index (χ0) is 14.0. The summed E-state index contributed by atoms with van der Waals surface area (Å²) in [5, 5.41) is 0.153. The van der Waals surface area contributed by atoms with Gasteiger partial charge in [-0.1, -0.05) is 0 Å². The topological polar surface area (TPSA) is 54.4 Å². The molecule has 0 saturated carbocycles. The second kappa shape index (κ2) is 5.88. The summed E-state index contributed by atoms with van der Waals surface area (Å²) in [5.74, 6) is 0.502. The Morgan fingerprint density at radius 3 is 2.68 bits per heavy atom. The first-order valence-corrected chi connectivity index (χ1v) is 6.81. The van der Waals surface area contributed by atoms with Gasteiger partial charge in [-0.15, -0.1) is 0 Å². The van der Waals surface area contributed by atoms with Crippen molar-refractivity contribution in [1.29, 1.82) is 0 Å². The molecule has 1 saturated heterocycles. The molecule has 0 amide bonds. The van der Waals surface area contributed by atoms with Crippen molar-refractivity contribution in [3.05, 3.63) is 5.28 Å². The predicted octanol–water partition coefficient (Wildman–Crippen LogP) is 1.45. The minimum atomic E-state index is 0.0287. The van der Waals surface area contributed by atoms with Crippen LogP contribution in [0.1, 0.15) is 19.8 Å². The molecule has 1 aromatic heterocycles. The van der Waals surface area contributed by atoms with Gasteiger partial charge in [-0.25, -0.2) is 0 Å². The molecular formula is C12H20ClN5O. The SMILES string of the molecule is C[C@H](Oc1nc(Cl)nc(N(C)C)n1)[C@@H]1CCCN1C. The van der Waals surface area contributed by atoms with E-state index in [0.29, 0.717) is 12.0 Å². The van der Waals surface area contributed by atoms with Crippen LogP contribution < -0.4 is 9.64 Å². The van der Waals surface area contributed by atoms with E-state index in [0.717, 1.165) is 13.0 Å². The van der Waals surface area contributed by atoms with Gasteiger partial charge in [0.25, 0.3) is 0 Å². The van der Waals surface area contributed by atoms with Gasteiger partial charge in [-0.2, -0.15) is 15.0 Å². The van der Waals surface area contributed by atoms with Crippen molar-refractivity contribution in [2.45, 2.75) is 31.9 Å². The van der Waals surface area contributed by atoms with E-state index < -0.39 is 0 Å². The summed E-state index contributed by atoms with van der Waals surface area (Å²) in [6.45, 7) is 3.15. The Hall–Kier alpha value is -1.14. The Bertz CT molecular complexity index is 442. The van der Waals surface area contributed by atoms with E-state index in [1.54, 1.807) is 4.90 Å². The number of hydrogen-bond donors (Lipinski definition) is 0. The van der Waals surface area contributed by atoms with E-state index in [1.165, 1.54) is 6.42 Å². The minimum Gasteiger partial charge on any atom is -0.459 e. The lowest BCUT2D eigenvalue weighted by Gasteiger charge is -2.26. The van der Waals surface area contributed by atoms with Crippen LogP contribution in [0.3, 0.4) is 0 Å². The lowest BCUT2D eigenvalue weighted by atomic mass is 10.1. The van der Waals surface area contributed by atoms with Crippen molar-refractivity contribution < 1.29 is 4.74 Å². The largest absolute Gasteiger partial charge is 0.459 e. The molecule has 19 heavy (non-hydrogen) atoms. The van der Waals surface area contributed by atoms with Crippen LogP contribution in [0.15, 0.2) is 0 Å². The van der Waals surface area contributed by atoms with E-state index in [4.69, 9.17) is 16.3 Å². The molecule has 0 spiro atoms. The Labute approximate surface area is 118 Å². The summed E-state index contributed by atoms with van der Waals surface area (Å²) in [6, 6.07) is 0.690. The van der Waals surface area contributed by atoms with E-state index in [9.17, 15) is 0 Å². The first kappa shape index (κ1) is 14.3. The molecule has 6 nitrogen and oxygen atoms in total. The van der Waals surface area contributed by atoms with E-state index in [2.05, 4.69) is 26.9 Å². The number of likely N-dealkylation sites (N-methyl/N-ethyl adjacent to an activating group) is 1. The zero-order valence-corrected chi connectivity index (χ0v) is 12.6. The van der Waals surface area contributed by atoms with Crippen LogP contribution in [-0.4, -0.2) is 59.7 Å². The molecule has 2 heterocycles. The van der Waals surface area contributed by atoms with E-state index >= 15 is 0 Å². The highest BCUT2D eigenvalue weighted by Gasteiger charge is 2.28. The average Bonchev–Trinajstić information content (AvgIpc) is 2.74. The Morgan fingerprint density at radius 1 is 1.37 bits per heavy atom. The number of hydrogen-bond acceptors (Lipinski definition) is 6. The van der Waals surface area contributed by atoms with Crippen molar-refractivity contribution in [1.82, 2.24) is 19.9 Å². The molecular weight excluding hydrogens is 266 g/mol. The van der Waals surface area contributed by atoms with Crippen molar-refractivity contribution in [2.24, 2.45) is 0 Å². The number of rotatable bonds is 4. The predicted molar refractivity (Wildman–Crippen MR) is 74.9 cm³/mol. The minimum absolute atomic E-state index is 0.0287. The fourth-order valence-electron chi connectivity index (χ4n) is 2.35. The maximum atomic E-state index is 5.89. The molecule has 106 valence electrons. The molecule has 1 fully saturated rings. The molecule has 0 unspecified atom stereocenters. The van der Waals surface area contributed by atoms with Crippen molar-refractivity contribution in [3.8, 4) is 6.01 Å². The van der Waals surface area contributed by atoms with Gasteiger partial charge in [0.15, 0.2) is 0 Å². The lowest BCUT2D eigenvalue weighted by molar-refractivity contribution is 0.112. The summed E-state index contributed by atoms with van der Waals surface area (Å²) in [4.78, 5) is 16.4. The van der Waals surface area contributed by atoms with Gasteiger partial charge < -0.3 is 9.64 Å². The summed E-state index contributed by atoms with van der Waals surface area (Å²) in [5.41, 5.74) is 0. The number of likely N-dealkylation sites (tertiary alicyclic amines) is 1. The molecule has 2 rings (SSSR count). The molecule has 0 N–H and O–H groups in total. The van der Waals surface area contributed by atoms with Crippen LogP contribution in [0, 0.1) is 0 Å². The smallest absolute Gasteiger partial charge is 0.322 e. The number of nitrogens with zero attached hydrogens (tertiary/aromatic N) is 5. The Morgan fingerprint density at radius 2 is 2.11 bits per heavy atom. The third-order valence-electron chi connectivity index (χ3n) is 3.39. The maximum absolute atomic E-state index is 5.89. The first-order valence-electron chi connectivity index (χ1n) is 6.43.